The average molecular weight is 441 g/mol. The van der Waals surface area contributed by atoms with Crippen LogP contribution in [0.3, 0.4) is 0 Å². The summed E-state index contributed by atoms with van der Waals surface area (Å²) >= 11 is 3.27. The third-order valence-electron chi connectivity index (χ3n) is 4.46. The van der Waals surface area contributed by atoms with Gasteiger partial charge in [0.1, 0.15) is 4.47 Å². The van der Waals surface area contributed by atoms with E-state index in [4.69, 9.17) is 0 Å². The largest absolute Gasteiger partial charge is 0.367 e. The van der Waals surface area contributed by atoms with Crippen molar-refractivity contribution in [1.29, 1.82) is 0 Å². The molecule has 7 nitrogen and oxygen atoms in total. The Morgan fingerprint density at radius 2 is 1.81 bits per heavy atom. The molecule has 0 aliphatic carbocycles. The highest BCUT2D eigenvalue weighted by Gasteiger charge is 2.29. The minimum atomic E-state index is -3.51. The van der Waals surface area contributed by atoms with Gasteiger partial charge in [-0.2, -0.15) is 9.40 Å². The van der Waals surface area contributed by atoms with Gasteiger partial charge in [-0.15, -0.1) is 0 Å². The zero-order valence-corrected chi connectivity index (χ0v) is 16.9. The summed E-state index contributed by atoms with van der Waals surface area (Å²) in [7, 11) is -3.51. The molecule has 1 aliphatic rings. The molecule has 0 radical (unpaired) electrons. The number of piperazine rings is 1. The standard InChI is InChI=1S/C17H21BrN4O3S/c1-2-3-13-4-6-14(7-5-13)26(24,25)22-10-8-21(9-11-22)15-12-19-20-17(23)16(15)18/h4-7,12H,2-3,8-11H2,1H3,(H,20,23). The second kappa shape index (κ2) is 7.89. The van der Waals surface area contributed by atoms with Gasteiger partial charge in [0.2, 0.25) is 10.0 Å². The van der Waals surface area contributed by atoms with Gasteiger partial charge in [0, 0.05) is 26.2 Å². The fraction of sp³-hybridized carbons (Fsp3) is 0.412. The number of benzene rings is 1. The number of aryl methyl sites for hydroxylation is 1. The zero-order valence-electron chi connectivity index (χ0n) is 14.5. The van der Waals surface area contributed by atoms with Gasteiger partial charge in [-0.3, -0.25) is 4.79 Å². The molecule has 1 aromatic carbocycles. The number of nitrogens with zero attached hydrogens (tertiary/aromatic N) is 3. The second-order valence-corrected chi connectivity index (χ2v) is 8.91. The SMILES string of the molecule is CCCc1ccc(S(=O)(=O)N2CCN(c3cn[nH]c(=O)c3Br)CC2)cc1. The fourth-order valence-corrected chi connectivity index (χ4v) is 4.89. The molecule has 0 bridgehead atoms. The lowest BCUT2D eigenvalue weighted by atomic mass is 10.1. The summed E-state index contributed by atoms with van der Waals surface area (Å²) in [4.78, 5) is 14.0. The van der Waals surface area contributed by atoms with Gasteiger partial charge in [-0.1, -0.05) is 25.5 Å². The fourth-order valence-electron chi connectivity index (χ4n) is 3.03. The molecule has 0 atom stereocenters. The molecular weight excluding hydrogens is 420 g/mol. The Bertz CT molecular complexity index is 920. The molecule has 9 heteroatoms. The zero-order chi connectivity index (χ0) is 18.7. The highest BCUT2D eigenvalue weighted by Crippen LogP contribution is 2.24. The van der Waals surface area contributed by atoms with Crippen molar-refractivity contribution in [3.8, 4) is 0 Å². The Balaban J connectivity index is 1.72. The highest BCUT2D eigenvalue weighted by atomic mass is 79.9. The van der Waals surface area contributed by atoms with Crippen molar-refractivity contribution < 1.29 is 8.42 Å². The van der Waals surface area contributed by atoms with Crippen LogP contribution in [0.15, 0.2) is 44.6 Å². The number of halogens is 1. The van der Waals surface area contributed by atoms with Crippen molar-refractivity contribution in [1.82, 2.24) is 14.5 Å². The molecule has 0 saturated carbocycles. The van der Waals surface area contributed by atoms with Gasteiger partial charge in [-0.25, -0.2) is 13.5 Å². The van der Waals surface area contributed by atoms with E-state index in [1.54, 1.807) is 18.3 Å². The first-order chi connectivity index (χ1) is 12.4. The summed E-state index contributed by atoms with van der Waals surface area (Å²) in [6.07, 6.45) is 3.54. The number of aromatic nitrogens is 2. The van der Waals surface area contributed by atoms with Crippen LogP contribution in [0, 0.1) is 0 Å². The summed E-state index contributed by atoms with van der Waals surface area (Å²) in [6, 6.07) is 7.13. The molecule has 1 fully saturated rings. The lowest BCUT2D eigenvalue weighted by Crippen LogP contribution is -2.49. The summed E-state index contributed by atoms with van der Waals surface area (Å²) in [6.45, 7) is 3.81. The Morgan fingerprint density at radius 3 is 2.42 bits per heavy atom. The van der Waals surface area contributed by atoms with Crippen LogP contribution in [0.1, 0.15) is 18.9 Å². The van der Waals surface area contributed by atoms with Crippen molar-refractivity contribution >= 4 is 31.6 Å². The number of hydrogen-bond acceptors (Lipinski definition) is 5. The average Bonchev–Trinajstić information content (AvgIpc) is 2.65. The predicted octanol–water partition coefficient (Wildman–Crippen LogP) is 2.00. The molecule has 0 amide bonds. The smallest absolute Gasteiger partial charge is 0.280 e. The van der Waals surface area contributed by atoms with Gasteiger partial charge in [0.05, 0.1) is 16.8 Å². The molecule has 2 heterocycles. The van der Waals surface area contributed by atoms with E-state index in [0.717, 1.165) is 18.4 Å². The molecule has 1 aromatic heterocycles. The summed E-state index contributed by atoms with van der Waals surface area (Å²) < 4.78 is 27.6. The maximum absolute atomic E-state index is 12.9. The van der Waals surface area contributed by atoms with E-state index in [9.17, 15) is 13.2 Å². The summed E-state index contributed by atoms with van der Waals surface area (Å²) in [5.74, 6) is 0. The van der Waals surface area contributed by atoms with Crippen molar-refractivity contribution in [3.63, 3.8) is 0 Å². The van der Waals surface area contributed by atoms with Crippen molar-refractivity contribution in [2.75, 3.05) is 31.1 Å². The van der Waals surface area contributed by atoms with Crippen LogP contribution in [-0.2, 0) is 16.4 Å². The molecule has 1 saturated heterocycles. The Labute approximate surface area is 161 Å². The van der Waals surface area contributed by atoms with Crippen molar-refractivity contribution in [2.45, 2.75) is 24.7 Å². The topological polar surface area (TPSA) is 86.4 Å². The number of nitrogens with one attached hydrogen (secondary N) is 1. The summed E-state index contributed by atoms with van der Waals surface area (Å²) in [5, 5.41) is 6.18. The number of H-pyrrole nitrogens is 1. The molecule has 140 valence electrons. The monoisotopic (exact) mass is 440 g/mol. The van der Waals surface area contributed by atoms with E-state index in [2.05, 4.69) is 33.1 Å². The van der Waals surface area contributed by atoms with Crippen LogP contribution in [-0.4, -0.2) is 49.1 Å². The quantitative estimate of drug-likeness (QED) is 0.767. The van der Waals surface area contributed by atoms with E-state index >= 15 is 0 Å². The second-order valence-electron chi connectivity index (χ2n) is 6.18. The van der Waals surface area contributed by atoms with Crippen molar-refractivity contribution in [2.24, 2.45) is 0 Å². The first-order valence-electron chi connectivity index (χ1n) is 8.50. The highest BCUT2D eigenvalue weighted by molar-refractivity contribution is 9.10. The lowest BCUT2D eigenvalue weighted by Gasteiger charge is -2.35. The van der Waals surface area contributed by atoms with E-state index in [-0.39, 0.29) is 5.56 Å². The third kappa shape index (κ3) is 3.84. The van der Waals surface area contributed by atoms with Gasteiger partial charge in [0.15, 0.2) is 0 Å². The van der Waals surface area contributed by atoms with E-state index in [1.165, 1.54) is 4.31 Å². The van der Waals surface area contributed by atoms with E-state index in [1.807, 2.05) is 17.0 Å². The van der Waals surface area contributed by atoms with Crippen LogP contribution >= 0.6 is 15.9 Å². The van der Waals surface area contributed by atoms with Crippen LogP contribution in [0.4, 0.5) is 5.69 Å². The number of anilines is 1. The molecule has 2 aromatic rings. The van der Waals surface area contributed by atoms with Gasteiger partial charge >= 0.3 is 0 Å². The number of hydrogen-bond donors (Lipinski definition) is 1. The molecule has 1 N–H and O–H groups in total. The maximum Gasteiger partial charge on any atom is 0.280 e. The maximum atomic E-state index is 12.9. The summed E-state index contributed by atoms with van der Waals surface area (Å²) in [5.41, 5.74) is 1.52. The van der Waals surface area contributed by atoms with Crippen LogP contribution in [0.25, 0.3) is 0 Å². The first kappa shape index (κ1) is 19.1. The van der Waals surface area contributed by atoms with E-state index in [0.29, 0.717) is 41.2 Å². The van der Waals surface area contributed by atoms with Crippen LogP contribution in [0.2, 0.25) is 0 Å². The Morgan fingerprint density at radius 1 is 1.15 bits per heavy atom. The van der Waals surface area contributed by atoms with Crippen LogP contribution in [0.5, 0.6) is 0 Å². The number of aromatic amines is 1. The Hall–Kier alpha value is -1.71. The molecule has 26 heavy (non-hydrogen) atoms. The number of rotatable bonds is 5. The van der Waals surface area contributed by atoms with E-state index < -0.39 is 10.0 Å². The molecule has 0 spiro atoms. The minimum Gasteiger partial charge on any atom is -0.367 e. The molecular formula is C17H21BrN4O3S. The van der Waals surface area contributed by atoms with Gasteiger partial charge < -0.3 is 4.90 Å². The molecule has 1 aliphatic heterocycles. The van der Waals surface area contributed by atoms with Gasteiger partial charge in [0.25, 0.3) is 5.56 Å². The number of sulfonamides is 1. The predicted molar refractivity (Wildman–Crippen MR) is 104 cm³/mol. The Kier molecular flexibility index (Phi) is 5.79. The third-order valence-corrected chi connectivity index (χ3v) is 7.14. The van der Waals surface area contributed by atoms with Crippen LogP contribution < -0.4 is 10.5 Å². The molecule has 3 rings (SSSR count). The minimum absolute atomic E-state index is 0.301. The normalized spacial score (nSPS) is 16.0. The first-order valence-corrected chi connectivity index (χ1v) is 10.7. The van der Waals surface area contributed by atoms with Gasteiger partial charge in [-0.05, 0) is 40.0 Å². The lowest BCUT2D eigenvalue weighted by molar-refractivity contribution is 0.384. The molecule has 0 unspecified atom stereocenters. The van der Waals surface area contributed by atoms with Crippen molar-refractivity contribution in [3.05, 3.63) is 50.9 Å².